The monoisotopic (exact) mass is 399 g/mol. The molecule has 2 aromatic carbocycles. The largest absolute Gasteiger partial charge is 0.473 e. The molecule has 6 nitrogen and oxygen atoms in total. The molecule has 0 atom stereocenters. The van der Waals surface area contributed by atoms with E-state index < -0.39 is 11.6 Å². The highest BCUT2D eigenvalue weighted by molar-refractivity contribution is 5.42. The highest BCUT2D eigenvalue weighted by Gasteiger charge is 2.17. The van der Waals surface area contributed by atoms with E-state index in [2.05, 4.69) is 4.98 Å². The number of fused-ring (bicyclic) bond motifs is 1. The van der Waals surface area contributed by atoms with Gasteiger partial charge in [0.15, 0.2) is 11.6 Å². The molecule has 0 fully saturated rings. The summed E-state index contributed by atoms with van der Waals surface area (Å²) in [6.07, 6.45) is 0.884. The van der Waals surface area contributed by atoms with Crippen LogP contribution in [0.4, 0.5) is 14.6 Å². The van der Waals surface area contributed by atoms with Gasteiger partial charge >= 0.3 is 5.69 Å². The lowest BCUT2D eigenvalue weighted by atomic mass is 10.2. The quantitative estimate of drug-likeness (QED) is 0.654. The van der Waals surface area contributed by atoms with Gasteiger partial charge in [-0.25, -0.2) is 13.6 Å². The van der Waals surface area contributed by atoms with Crippen molar-refractivity contribution in [3.05, 3.63) is 76.2 Å². The molecule has 1 aliphatic rings. The SMILES string of the molecule is CN1CCCn2c1cc(OCc1ccc(Oc3cccc(F)c3)c(F)c1)nc2=O. The first-order valence-electron chi connectivity index (χ1n) is 9.17. The fourth-order valence-corrected chi connectivity index (χ4v) is 3.19. The molecule has 0 saturated heterocycles. The molecule has 3 aromatic rings. The number of ether oxygens (including phenoxy) is 2. The number of benzene rings is 2. The van der Waals surface area contributed by atoms with Crippen LogP contribution in [0.25, 0.3) is 0 Å². The van der Waals surface area contributed by atoms with Crippen LogP contribution in [0.2, 0.25) is 0 Å². The van der Waals surface area contributed by atoms with Crippen molar-refractivity contribution < 1.29 is 18.3 Å². The molecule has 0 N–H and O–H groups in total. The number of halogens is 2. The molecule has 0 saturated carbocycles. The highest BCUT2D eigenvalue weighted by atomic mass is 19.1. The van der Waals surface area contributed by atoms with Crippen LogP contribution in [-0.2, 0) is 13.2 Å². The maximum atomic E-state index is 14.4. The second kappa shape index (κ2) is 7.90. The number of hydrogen-bond acceptors (Lipinski definition) is 5. The average Bonchev–Trinajstić information content (AvgIpc) is 2.69. The van der Waals surface area contributed by atoms with Crippen LogP contribution in [0, 0.1) is 11.6 Å². The zero-order valence-electron chi connectivity index (χ0n) is 15.8. The minimum Gasteiger partial charge on any atom is -0.473 e. The molecule has 1 aromatic heterocycles. The molecule has 29 heavy (non-hydrogen) atoms. The Kier molecular flexibility index (Phi) is 5.16. The van der Waals surface area contributed by atoms with Crippen molar-refractivity contribution in [2.24, 2.45) is 0 Å². The Morgan fingerprint density at radius 1 is 1.10 bits per heavy atom. The van der Waals surface area contributed by atoms with Gasteiger partial charge in [0.1, 0.15) is 24.0 Å². The van der Waals surface area contributed by atoms with Crippen molar-refractivity contribution in [3.8, 4) is 17.4 Å². The third kappa shape index (κ3) is 4.21. The first-order valence-corrected chi connectivity index (χ1v) is 9.17. The molecule has 150 valence electrons. The minimum atomic E-state index is -0.603. The number of rotatable bonds is 5. The Balaban J connectivity index is 1.47. The van der Waals surface area contributed by atoms with Crippen LogP contribution >= 0.6 is 0 Å². The zero-order valence-corrected chi connectivity index (χ0v) is 15.8. The number of aromatic nitrogens is 2. The van der Waals surface area contributed by atoms with E-state index in [0.29, 0.717) is 12.1 Å². The molecular formula is C21H19F2N3O3. The molecule has 0 bridgehead atoms. The van der Waals surface area contributed by atoms with Crippen molar-refractivity contribution in [3.63, 3.8) is 0 Å². The van der Waals surface area contributed by atoms with Crippen LogP contribution in [0.1, 0.15) is 12.0 Å². The molecule has 8 heteroatoms. The van der Waals surface area contributed by atoms with Crippen LogP contribution in [0.5, 0.6) is 17.4 Å². The van der Waals surface area contributed by atoms with Gasteiger partial charge in [-0.3, -0.25) is 4.57 Å². The van der Waals surface area contributed by atoms with Gasteiger partial charge in [-0.1, -0.05) is 12.1 Å². The number of nitrogens with zero attached hydrogens (tertiary/aromatic N) is 3. The lowest BCUT2D eigenvalue weighted by molar-refractivity contribution is 0.289. The molecule has 4 rings (SSSR count). The van der Waals surface area contributed by atoms with Gasteiger partial charge in [-0.05, 0) is 36.2 Å². The average molecular weight is 399 g/mol. The van der Waals surface area contributed by atoms with E-state index in [1.807, 2.05) is 11.9 Å². The maximum Gasteiger partial charge on any atom is 0.352 e. The summed E-state index contributed by atoms with van der Waals surface area (Å²) in [7, 11) is 1.90. The summed E-state index contributed by atoms with van der Waals surface area (Å²) in [4.78, 5) is 18.1. The van der Waals surface area contributed by atoms with E-state index in [1.165, 1.54) is 36.4 Å². The highest BCUT2D eigenvalue weighted by Crippen LogP contribution is 2.26. The van der Waals surface area contributed by atoms with E-state index in [-0.39, 0.29) is 29.7 Å². The third-order valence-electron chi connectivity index (χ3n) is 4.64. The summed E-state index contributed by atoms with van der Waals surface area (Å²) in [6.45, 7) is 1.52. The summed E-state index contributed by atoms with van der Waals surface area (Å²) >= 11 is 0. The molecule has 0 aliphatic carbocycles. The van der Waals surface area contributed by atoms with Crippen LogP contribution in [0.3, 0.4) is 0 Å². The number of anilines is 1. The summed E-state index contributed by atoms with van der Waals surface area (Å²) < 4.78 is 40.2. The summed E-state index contributed by atoms with van der Waals surface area (Å²) in [5, 5.41) is 0. The molecule has 0 spiro atoms. The van der Waals surface area contributed by atoms with E-state index in [0.717, 1.165) is 18.8 Å². The van der Waals surface area contributed by atoms with Crippen molar-refractivity contribution in [1.82, 2.24) is 9.55 Å². The predicted octanol–water partition coefficient (Wildman–Crippen LogP) is 3.73. The molecule has 0 radical (unpaired) electrons. The predicted molar refractivity (Wildman–Crippen MR) is 104 cm³/mol. The van der Waals surface area contributed by atoms with Crippen LogP contribution in [-0.4, -0.2) is 23.1 Å². The van der Waals surface area contributed by atoms with E-state index in [1.54, 1.807) is 16.7 Å². The second-order valence-corrected chi connectivity index (χ2v) is 6.77. The molecule has 1 aliphatic heterocycles. The first-order chi connectivity index (χ1) is 14.0. The smallest absolute Gasteiger partial charge is 0.352 e. The Morgan fingerprint density at radius 2 is 1.97 bits per heavy atom. The molecule has 2 heterocycles. The van der Waals surface area contributed by atoms with Gasteiger partial charge < -0.3 is 14.4 Å². The summed E-state index contributed by atoms with van der Waals surface area (Å²) in [6, 6.07) is 11.5. The van der Waals surface area contributed by atoms with Crippen molar-refractivity contribution in [2.75, 3.05) is 18.5 Å². The lowest BCUT2D eigenvalue weighted by Gasteiger charge is -2.28. The third-order valence-corrected chi connectivity index (χ3v) is 4.64. The van der Waals surface area contributed by atoms with E-state index >= 15 is 0 Å². The maximum absolute atomic E-state index is 14.4. The topological polar surface area (TPSA) is 56.6 Å². The Bertz CT molecular complexity index is 1100. The van der Waals surface area contributed by atoms with Crippen molar-refractivity contribution >= 4 is 5.82 Å². The van der Waals surface area contributed by atoms with Gasteiger partial charge in [0.2, 0.25) is 5.88 Å². The van der Waals surface area contributed by atoms with Gasteiger partial charge in [0.25, 0.3) is 0 Å². The van der Waals surface area contributed by atoms with Crippen molar-refractivity contribution in [1.29, 1.82) is 0 Å². The Morgan fingerprint density at radius 3 is 2.76 bits per heavy atom. The standard InChI is InChI=1S/C21H19F2N3O3/c1-25-8-3-9-26-20(25)12-19(24-21(26)27)28-13-14-6-7-18(17(23)10-14)29-16-5-2-4-15(22)11-16/h2,4-7,10-12H,3,8-9,13H2,1H3. The first kappa shape index (κ1) is 18.9. The summed E-state index contributed by atoms with van der Waals surface area (Å²) in [5.41, 5.74) is 0.177. The van der Waals surface area contributed by atoms with Crippen LogP contribution in [0.15, 0.2) is 53.3 Å². The second-order valence-electron chi connectivity index (χ2n) is 6.77. The summed E-state index contributed by atoms with van der Waals surface area (Å²) in [5.74, 6) is 0.0502. The van der Waals surface area contributed by atoms with Gasteiger partial charge in [0, 0.05) is 32.3 Å². The van der Waals surface area contributed by atoms with Gasteiger partial charge in [-0.15, -0.1) is 0 Å². The molecule has 0 unspecified atom stereocenters. The van der Waals surface area contributed by atoms with Crippen molar-refractivity contribution in [2.45, 2.75) is 19.6 Å². The van der Waals surface area contributed by atoms with E-state index in [4.69, 9.17) is 9.47 Å². The Hall–Kier alpha value is -3.42. The zero-order chi connectivity index (χ0) is 20.4. The molecular weight excluding hydrogens is 380 g/mol. The van der Waals surface area contributed by atoms with E-state index in [9.17, 15) is 13.6 Å². The van der Waals surface area contributed by atoms with Crippen LogP contribution < -0.4 is 20.1 Å². The number of hydrogen-bond donors (Lipinski definition) is 0. The molecule has 0 amide bonds. The lowest BCUT2D eigenvalue weighted by Crippen LogP contribution is -2.36. The van der Waals surface area contributed by atoms with Gasteiger partial charge in [-0.2, -0.15) is 4.98 Å². The van der Waals surface area contributed by atoms with Gasteiger partial charge in [0.05, 0.1) is 0 Å². The minimum absolute atomic E-state index is 0.0221. The Labute approximate surface area is 165 Å². The normalized spacial score (nSPS) is 13.1. The fraction of sp³-hybridized carbons (Fsp3) is 0.238. The fourth-order valence-electron chi connectivity index (χ4n) is 3.19.